The Hall–Kier alpha value is -2.05. The first kappa shape index (κ1) is 19.3. The molecular formula is C19H30N4O2. The summed E-state index contributed by atoms with van der Waals surface area (Å²) < 4.78 is 7.50. The molecule has 6 nitrogen and oxygen atoms in total. The van der Waals surface area contributed by atoms with Gasteiger partial charge in [-0.15, -0.1) is 0 Å². The van der Waals surface area contributed by atoms with E-state index in [1.165, 1.54) is 5.56 Å². The number of aryl methyl sites for hydroxylation is 1. The predicted molar refractivity (Wildman–Crippen MR) is 101 cm³/mol. The minimum Gasteiger partial charge on any atom is -0.491 e. The van der Waals surface area contributed by atoms with E-state index in [1.54, 1.807) is 0 Å². The van der Waals surface area contributed by atoms with E-state index in [0.29, 0.717) is 19.0 Å². The molecule has 0 saturated heterocycles. The lowest BCUT2D eigenvalue weighted by Gasteiger charge is -2.17. The van der Waals surface area contributed by atoms with Gasteiger partial charge in [0.2, 0.25) is 0 Å². The number of hydrogen-bond donors (Lipinski definition) is 2. The highest BCUT2D eigenvalue weighted by molar-refractivity contribution is 5.50. The number of benzene rings is 1. The Morgan fingerprint density at radius 2 is 1.92 bits per heavy atom. The van der Waals surface area contributed by atoms with Crippen LogP contribution in [0, 0.1) is 0 Å². The molecular weight excluding hydrogens is 316 g/mol. The lowest BCUT2D eigenvalue weighted by molar-refractivity contribution is 0.106. The summed E-state index contributed by atoms with van der Waals surface area (Å²) in [7, 11) is 6.01. The average molecular weight is 346 g/mol. The van der Waals surface area contributed by atoms with Gasteiger partial charge < -0.3 is 20.1 Å². The van der Waals surface area contributed by atoms with Crippen LogP contribution >= 0.6 is 0 Å². The second-order valence-electron chi connectivity index (χ2n) is 6.77. The standard InChI is InChI=1S/C19H30N4O2/c1-14(2)18-17(19(22(3)4)23(5)21-18)12-20-11-15(24)13-25-16-9-7-6-8-10-16/h6-10,14-15,20,24H,11-13H2,1-5H3/t15-/m0/s1. The molecule has 138 valence electrons. The van der Waals surface area contributed by atoms with Crippen molar-refractivity contribution in [3.8, 4) is 5.75 Å². The zero-order valence-corrected chi connectivity index (χ0v) is 15.9. The van der Waals surface area contributed by atoms with Gasteiger partial charge in [0.05, 0.1) is 5.69 Å². The molecule has 0 unspecified atom stereocenters. The second kappa shape index (κ2) is 8.87. The van der Waals surface area contributed by atoms with Gasteiger partial charge in [-0.05, 0) is 18.1 Å². The molecule has 0 saturated carbocycles. The van der Waals surface area contributed by atoms with Gasteiger partial charge in [-0.3, -0.25) is 4.68 Å². The molecule has 1 heterocycles. The van der Waals surface area contributed by atoms with Crippen LogP contribution in [0.15, 0.2) is 30.3 Å². The van der Waals surface area contributed by atoms with Crippen LogP contribution in [-0.2, 0) is 13.6 Å². The fraction of sp³-hybridized carbons (Fsp3) is 0.526. The molecule has 1 atom stereocenters. The van der Waals surface area contributed by atoms with E-state index >= 15 is 0 Å². The number of hydrogen-bond acceptors (Lipinski definition) is 5. The molecule has 0 fully saturated rings. The van der Waals surface area contributed by atoms with Crippen LogP contribution in [0.2, 0.25) is 0 Å². The van der Waals surface area contributed by atoms with Crippen LogP contribution < -0.4 is 15.0 Å². The van der Waals surface area contributed by atoms with Crippen molar-refractivity contribution in [1.82, 2.24) is 15.1 Å². The van der Waals surface area contributed by atoms with Crippen molar-refractivity contribution >= 4 is 5.82 Å². The van der Waals surface area contributed by atoms with Gasteiger partial charge in [0, 0.05) is 39.8 Å². The number of nitrogens with zero attached hydrogens (tertiary/aromatic N) is 3. The van der Waals surface area contributed by atoms with Crippen LogP contribution in [0.4, 0.5) is 5.82 Å². The first-order valence-corrected chi connectivity index (χ1v) is 8.69. The maximum Gasteiger partial charge on any atom is 0.130 e. The van der Waals surface area contributed by atoms with Crippen LogP contribution in [0.5, 0.6) is 5.75 Å². The Kier molecular flexibility index (Phi) is 6.84. The van der Waals surface area contributed by atoms with Crippen molar-refractivity contribution in [2.24, 2.45) is 7.05 Å². The molecule has 25 heavy (non-hydrogen) atoms. The first-order chi connectivity index (χ1) is 11.9. The summed E-state index contributed by atoms with van der Waals surface area (Å²) in [4.78, 5) is 2.07. The Bertz CT molecular complexity index is 653. The molecule has 0 radical (unpaired) electrons. The minimum atomic E-state index is -0.567. The topological polar surface area (TPSA) is 62.6 Å². The first-order valence-electron chi connectivity index (χ1n) is 8.69. The van der Waals surface area contributed by atoms with Crippen molar-refractivity contribution in [3.63, 3.8) is 0 Å². The minimum absolute atomic E-state index is 0.266. The van der Waals surface area contributed by atoms with Gasteiger partial charge in [0.1, 0.15) is 24.3 Å². The third-order valence-electron chi connectivity index (χ3n) is 3.98. The molecule has 0 aliphatic rings. The van der Waals surface area contributed by atoms with Crippen LogP contribution in [0.3, 0.4) is 0 Å². The van der Waals surface area contributed by atoms with Gasteiger partial charge in [-0.2, -0.15) is 5.10 Å². The largest absolute Gasteiger partial charge is 0.491 e. The Balaban J connectivity index is 1.90. The van der Waals surface area contributed by atoms with E-state index in [4.69, 9.17) is 4.74 Å². The molecule has 2 N–H and O–H groups in total. The van der Waals surface area contributed by atoms with E-state index in [9.17, 15) is 5.11 Å². The number of ether oxygens (including phenoxy) is 1. The second-order valence-corrected chi connectivity index (χ2v) is 6.77. The summed E-state index contributed by atoms with van der Waals surface area (Å²) in [6.07, 6.45) is -0.567. The number of aromatic nitrogens is 2. The monoisotopic (exact) mass is 346 g/mol. The normalized spacial score (nSPS) is 12.4. The SMILES string of the molecule is CC(C)c1nn(C)c(N(C)C)c1CNC[C@H](O)COc1ccccc1. The molecule has 0 aliphatic heterocycles. The van der Waals surface area contributed by atoms with Gasteiger partial charge in [-0.1, -0.05) is 32.0 Å². The summed E-state index contributed by atoms with van der Waals surface area (Å²) in [6.45, 7) is 5.69. The lowest BCUT2D eigenvalue weighted by atomic mass is 10.1. The number of para-hydroxylation sites is 1. The molecule has 1 aromatic heterocycles. The molecule has 2 aromatic rings. The maximum atomic E-state index is 10.1. The Morgan fingerprint density at radius 1 is 1.24 bits per heavy atom. The van der Waals surface area contributed by atoms with Crippen molar-refractivity contribution in [2.75, 3.05) is 32.1 Å². The van der Waals surface area contributed by atoms with E-state index < -0.39 is 6.10 Å². The molecule has 2 rings (SSSR count). The lowest BCUT2D eigenvalue weighted by Crippen LogP contribution is -2.31. The van der Waals surface area contributed by atoms with Crippen molar-refractivity contribution < 1.29 is 9.84 Å². The van der Waals surface area contributed by atoms with Crippen LogP contribution in [0.1, 0.15) is 31.0 Å². The number of aliphatic hydroxyl groups excluding tert-OH is 1. The van der Waals surface area contributed by atoms with E-state index in [0.717, 1.165) is 17.3 Å². The summed E-state index contributed by atoms with van der Waals surface area (Å²) in [6, 6.07) is 9.53. The number of nitrogens with one attached hydrogen (secondary N) is 1. The van der Waals surface area contributed by atoms with Crippen molar-refractivity contribution in [1.29, 1.82) is 0 Å². The highest BCUT2D eigenvalue weighted by Gasteiger charge is 2.19. The van der Waals surface area contributed by atoms with E-state index in [-0.39, 0.29) is 6.61 Å². The molecule has 6 heteroatoms. The number of anilines is 1. The Labute approximate surface area is 150 Å². The zero-order chi connectivity index (χ0) is 18.4. The van der Waals surface area contributed by atoms with Crippen LogP contribution in [-0.4, -0.2) is 48.2 Å². The zero-order valence-electron chi connectivity index (χ0n) is 15.9. The molecule has 1 aromatic carbocycles. The van der Waals surface area contributed by atoms with Gasteiger partial charge >= 0.3 is 0 Å². The highest BCUT2D eigenvalue weighted by Crippen LogP contribution is 2.26. The van der Waals surface area contributed by atoms with E-state index in [1.807, 2.05) is 56.2 Å². The summed E-state index contributed by atoms with van der Waals surface area (Å²) >= 11 is 0. The summed E-state index contributed by atoms with van der Waals surface area (Å²) in [5.74, 6) is 2.21. The summed E-state index contributed by atoms with van der Waals surface area (Å²) in [5.41, 5.74) is 2.27. The van der Waals surface area contributed by atoms with Gasteiger partial charge in [0.25, 0.3) is 0 Å². The molecule has 0 bridgehead atoms. The predicted octanol–water partition coefficient (Wildman–Crippen LogP) is 2.14. The molecule has 0 aliphatic carbocycles. The van der Waals surface area contributed by atoms with Crippen LogP contribution in [0.25, 0.3) is 0 Å². The number of aliphatic hydroxyl groups is 1. The van der Waals surface area contributed by atoms with Gasteiger partial charge in [0.15, 0.2) is 0 Å². The smallest absolute Gasteiger partial charge is 0.130 e. The maximum absolute atomic E-state index is 10.1. The molecule has 0 spiro atoms. The fourth-order valence-electron chi connectivity index (χ4n) is 2.90. The average Bonchev–Trinajstić information content (AvgIpc) is 2.91. The highest BCUT2D eigenvalue weighted by atomic mass is 16.5. The van der Waals surface area contributed by atoms with Crippen molar-refractivity contribution in [2.45, 2.75) is 32.4 Å². The quantitative estimate of drug-likeness (QED) is 0.728. The fourth-order valence-corrected chi connectivity index (χ4v) is 2.90. The van der Waals surface area contributed by atoms with Crippen molar-refractivity contribution in [3.05, 3.63) is 41.6 Å². The third kappa shape index (κ3) is 5.21. The van der Waals surface area contributed by atoms with E-state index in [2.05, 4.69) is 29.2 Å². The van der Waals surface area contributed by atoms with Gasteiger partial charge in [-0.25, -0.2) is 0 Å². The molecule has 0 amide bonds. The number of rotatable bonds is 9. The third-order valence-corrected chi connectivity index (χ3v) is 3.98. The summed E-state index contributed by atoms with van der Waals surface area (Å²) in [5, 5.41) is 18.1. The Morgan fingerprint density at radius 3 is 2.52 bits per heavy atom.